The van der Waals surface area contributed by atoms with Gasteiger partial charge in [-0.2, -0.15) is 0 Å². The van der Waals surface area contributed by atoms with Crippen molar-refractivity contribution >= 4 is 51.3 Å². The normalized spacial score (nSPS) is 14.1. The molecule has 2 heterocycles. The Hall–Kier alpha value is -4.63. The number of aromatic nitrogens is 1. The summed E-state index contributed by atoms with van der Waals surface area (Å²) in [5.41, 5.74) is 1.05. The van der Waals surface area contributed by atoms with Crippen molar-refractivity contribution in [1.82, 2.24) is 4.57 Å². The summed E-state index contributed by atoms with van der Waals surface area (Å²) >= 11 is 4.57. The van der Waals surface area contributed by atoms with E-state index < -0.39 is 29.5 Å². The maximum absolute atomic E-state index is 14.3. The number of carbonyl (C=O) groups excluding carboxylic acids is 3. The van der Waals surface area contributed by atoms with Crippen molar-refractivity contribution in [3.8, 4) is 23.0 Å². The lowest BCUT2D eigenvalue weighted by Gasteiger charge is -2.25. The Morgan fingerprint density at radius 1 is 0.917 bits per heavy atom. The van der Waals surface area contributed by atoms with Gasteiger partial charge in [-0.3, -0.25) is 9.36 Å². The third-order valence-corrected chi connectivity index (χ3v) is 8.31. The number of rotatable bonds is 14. The summed E-state index contributed by atoms with van der Waals surface area (Å²) < 4.78 is 40.2. The highest BCUT2D eigenvalue weighted by molar-refractivity contribution is 9.10. The molecule has 3 aromatic rings. The molecule has 48 heavy (non-hydrogen) atoms. The smallest absolute Gasteiger partial charge is 0.344 e. The molecule has 15 heteroatoms. The minimum Gasteiger partial charge on any atom is -0.493 e. The Balaban J connectivity index is 1.91. The van der Waals surface area contributed by atoms with Crippen molar-refractivity contribution in [3.05, 3.63) is 76.9 Å². The minimum absolute atomic E-state index is 0.108. The lowest BCUT2D eigenvalue weighted by molar-refractivity contribution is -0.145. The number of allylic oxidation sites excluding steroid dienone is 1. The number of hydrogen-bond acceptors (Lipinski definition) is 13. The van der Waals surface area contributed by atoms with E-state index in [1.54, 1.807) is 64.1 Å². The highest BCUT2D eigenvalue weighted by Crippen LogP contribution is 2.37. The highest BCUT2D eigenvalue weighted by Gasteiger charge is 2.34. The van der Waals surface area contributed by atoms with Crippen molar-refractivity contribution in [2.45, 2.75) is 33.7 Å². The summed E-state index contributed by atoms with van der Waals surface area (Å²) in [6.45, 7) is 6.69. The highest BCUT2D eigenvalue weighted by atomic mass is 79.9. The van der Waals surface area contributed by atoms with Gasteiger partial charge in [0.1, 0.15) is 0 Å². The number of hydrogen-bond donors (Lipinski definition) is 0. The van der Waals surface area contributed by atoms with Crippen LogP contribution in [0.3, 0.4) is 0 Å². The van der Waals surface area contributed by atoms with Gasteiger partial charge in [-0.15, -0.1) is 0 Å². The van der Waals surface area contributed by atoms with Gasteiger partial charge in [0.2, 0.25) is 0 Å². The van der Waals surface area contributed by atoms with E-state index in [0.29, 0.717) is 37.6 Å². The van der Waals surface area contributed by atoms with Gasteiger partial charge >= 0.3 is 17.9 Å². The van der Waals surface area contributed by atoms with E-state index in [4.69, 9.17) is 28.4 Å². The Bertz CT molecular complexity index is 1910. The van der Waals surface area contributed by atoms with E-state index in [-0.39, 0.29) is 54.6 Å². The molecule has 0 aliphatic carbocycles. The summed E-state index contributed by atoms with van der Waals surface area (Å²) in [6.07, 6.45) is 1.60. The van der Waals surface area contributed by atoms with Crippen molar-refractivity contribution in [1.29, 1.82) is 0 Å². The quantitative estimate of drug-likeness (QED) is 0.176. The van der Waals surface area contributed by atoms with Gasteiger partial charge in [-0.25, -0.2) is 19.4 Å². The second-order valence-corrected chi connectivity index (χ2v) is 11.9. The summed E-state index contributed by atoms with van der Waals surface area (Å²) in [7, 11) is 2.71. The average Bonchev–Trinajstić information content (AvgIpc) is 3.36. The molecule has 13 nitrogen and oxygen atoms in total. The van der Waals surface area contributed by atoms with Gasteiger partial charge in [0.15, 0.2) is 41.0 Å². The molecule has 0 amide bonds. The van der Waals surface area contributed by atoms with Crippen LogP contribution in [-0.2, 0) is 28.6 Å². The van der Waals surface area contributed by atoms with Gasteiger partial charge < -0.3 is 33.2 Å². The van der Waals surface area contributed by atoms with Crippen LogP contribution >= 0.6 is 27.3 Å². The SMILES string of the molecule is CCOC(=O)COc1c(/C=c2/sc3n(c2=O)[C@@H](c2ccc(OCC(=O)OC)c(OCC)c2)C(C(=O)OCC)=C(C)N=3)cc(Br)cc1OC. The fourth-order valence-electron chi connectivity index (χ4n) is 4.86. The molecule has 1 aromatic heterocycles. The molecule has 0 spiro atoms. The van der Waals surface area contributed by atoms with Crippen LogP contribution in [0.2, 0.25) is 0 Å². The van der Waals surface area contributed by atoms with E-state index in [2.05, 4.69) is 25.7 Å². The number of benzene rings is 2. The van der Waals surface area contributed by atoms with Crippen molar-refractivity contribution < 1.29 is 47.5 Å². The predicted octanol–water partition coefficient (Wildman–Crippen LogP) is 3.46. The Kier molecular flexibility index (Phi) is 12.4. The first-order chi connectivity index (χ1) is 23.1. The molecule has 2 aromatic carbocycles. The molecule has 0 bridgehead atoms. The van der Waals surface area contributed by atoms with Crippen LogP contribution in [-0.4, -0.2) is 69.7 Å². The number of thiazole rings is 1. The largest absolute Gasteiger partial charge is 0.493 e. The van der Waals surface area contributed by atoms with Gasteiger partial charge in [-0.1, -0.05) is 33.3 Å². The first-order valence-corrected chi connectivity index (χ1v) is 16.5. The fraction of sp³-hybridized carbons (Fsp3) is 0.364. The van der Waals surface area contributed by atoms with E-state index in [0.717, 1.165) is 11.3 Å². The zero-order valence-corrected chi connectivity index (χ0v) is 29.7. The van der Waals surface area contributed by atoms with Crippen LogP contribution in [0.1, 0.15) is 44.9 Å². The summed E-state index contributed by atoms with van der Waals surface area (Å²) in [4.78, 5) is 56.4. The zero-order valence-electron chi connectivity index (χ0n) is 27.2. The Morgan fingerprint density at radius 3 is 2.31 bits per heavy atom. The average molecular weight is 748 g/mol. The van der Waals surface area contributed by atoms with Crippen LogP contribution in [0.5, 0.6) is 23.0 Å². The second kappa shape index (κ2) is 16.5. The number of nitrogens with zero attached hydrogens (tertiary/aromatic N) is 2. The predicted molar refractivity (Wildman–Crippen MR) is 178 cm³/mol. The molecule has 0 radical (unpaired) electrons. The molecule has 0 fully saturated rings. The molecule has 0 saturated heterocycles. The second-order valence-electron chi connectivity index (χ2n) is 9.93. The molecular formula is C33H35BrN2O11S. The molecule has 1 aliphatic heterocycles. The van der Waals surface area contributed by atoms with Crippen LogP contribution in [0.25, 0.3) is 6.08 Å². The van der Waals surface area contributed by atoms with Gasteiger partial charge in [0.25, 0.3) is 5.56 Å². The van der Waals surface area contributed by atoms with Crippen LogP contribution in [0, 0.1) is 0 Å². The summed E-state index contributed by atoms with van der Waals surface area (Å²) in [5, 5.41) is 0. The molecule has 0 unspecified atom stereocenters. The third-order valence-electron chi connectivity index (χ3n) is 6.87. The van der Waals surface area contributed by atoms with Crippen molar-refractivity contribution in [2.75, 3.05) is 47.3 Å². The Labute approximate surface area is 288 Å². The first-order valence-electron chi connectivity index (χ1n) is 14.9. The number of fused-ring (bicyclic) bond motifs is 1. The van der Waals surface area contributed by atoms with Crippen LogP contribution < -0.4 is 33.8 Å². The number of methoxy groups -OCH3 is 2. The summed E-state index contributed by atoms with van der Waals surface area (Å²) in [5.74, 6) is -0.655. The van der Waals surface area contributed by atoms with E-state index in [1.807, 2.05) is 0 Å². The number of carbonyl (C=O) groups is 3. The number of esters is 3. The Morgan fingerprint density at radius 2 is 1.65 bits per heavy atom. The van der Waals surface area contributed by atoms with E-state index in [1.165, 1.54) is 18.8 Å². The van der Waals surface area contributed by atoms with Crippen LogP contribution in [0.4, 0.5) is 0 Å². The number of halogens is 1. The lowest BCUT2D eigenvalue weighted by Crippen LogP contribution is -2.40. The summed E-state index contributed by atoms with van der Waals surface area (Å²) in [6, 6.07) is 7.36. The molecule has 1 aliphatic rings. The monoisotopic (exact) mass is 746 g/mol. The van der Waals surface area contributed by atoms with Crippen molar-refractivity contribution in [3.63, 3.8) is 0 Å². The molecular weight excluding hydrogens is 712 g/mol. The third kappa shape index (κ3) is 8.08. The van der Waals surface area contributed by atoms with Gasteiger partial charge in [0, 0.05) is 10.0 Å². The fourth-order valence-corrected chi connectivity index (χ4v) is 6.35. The standard InChI is InChI=1S/C33H35BrN2O11S/c1-7-43-23-13-19(10-11-22(23)46-16-26(37)42-6)29-28(32(40)45-9-3)18(4)35-33-36(29)31(39)25(48-33)14-20-12-21(34)15-24(41-5)30(20)47-17-27(38)44-8-2/h10-15,29H,7-9,16-17H2,1-6H3/b25-14+/t29-/m0/s1. The van der Waals surface area contributed by atoms with E-state index >= 15 is 0 Å². The first kappa shape index (κ1) is 36.2. The molecule has 1 atom stereocenters. The topological polar surface area (TPSA) is 150 Å². The van der Waals surface area contributed by atoms with Gasteiger partial charge in [0.05, 0.1) is 55.9 Å². The molecule has 0 saturated carbocycles. The van der Waals surface area contributed by atoms with Crippen molar-refractivity contribution in [2.24, 2.45) is 4.99 Å². The van der Waals surface area contributed by atoms with E-state index in [9.17, 15) is 19.2 Å². The van der Waals surface area contributed by atoms with Gasteiger partial charge in [-0.05, 0) is 63.6 Å². The van der Waals surface area contributed by atoms with Crippen LogP contribution in [0.15, 0.2) is 55.9 Å². The molecule has 0 N–H and O–H groups in total. The lowest BCUT2D eigenvalue weighted by atomic mass is 9.95. The minimum atomic E-state index is -0.951. The molecule has 256 valence electrons. The maximum Gasteiger partial charge on any atom is 0.344 e. The molecule has 4 rings (SSSR count). The number of ether oxygens (including phenoxy) is 7. The maximum atomic E-state index is 14.3. The zero-order chi connectivity index (χ0) is 35.0.